The van der Waals surface area contributed by atoms with Crippen LogP contribution in [0.3, 0.4) is 0 Å². The zero-order valence-corrected chi connectivity index (χ0v) is 6.54. The minimum absolute atomic E-state index is 0.619. The largest absolute Gasteiger partial charge is 0.311 e. The van der Waals surface area contributed by atoms with Crippen LogP contribution in [0, 0.1) is 6.92 Å². The van der Waals surface area contributed by atoms with Crippen LogP contribution in [0.15, 0.2) is 0 Å². The van der Waals surface area contributed by atoms with E-state index in [0.29, 0.717) is 6.92 Å². The maximum Gasteiger partial charge on any atom is 0.311 e. The SMILES string of the molecule is [CH2]CC(F)C(F)(F)[C@@H](F)C(C)F. The smallest absolute Gasteiger partial charge is 0.244 e. The molecule has 5 heteroatoms. The van der Waals surface area contributed by atoms with Gasteiger partial charge in [-0.25, -0.2) is 22.0 Å². The van der Waals surface area contributed by atoms with Crippen LogP contribution in [0.4, 0.5) is 22.0 Å². The highest BCUT2D eigenvalue weighted by Crippen LogP contribution is 2.32. The second-order valence-electron chi connectivity index (χ2n) is 2.51. The summed E-state index contributed by atoms with van der Waals surface area (Å²) in [6, 6.07) is 0. The molecule has 73 valence electrons. The molecule has 0 amide bonds. The van der Waals surface area contributed by atoms with Gasteiger partial charge in [0.05, 0.1) is 0 Å². The third kappa shape index (κ3) is 2.32. The van der Waals surface area contributed by atoms with Gasteiger partial charge < -0.3 is 0 Å². The van der Waals surface area contributed by atoms with Crippen LogP contribution in [-0.4, -0.2) is 24.4 Å². The quantitative estimate of drug-likeness (QED) is 0.596. The van der Waals surface area contributed by atoms with Gasteiger partial charge in [0.25, 0.3) is 0 Å². The van der Waals surface area contributed by atoms with Gasteiger partial charge in [-0.1, -0.05) is 6.92 Å². The van der Waals surface area contributed by atoms with E-state index in [1.807, 2.05) is 0 Å². The van der Waals surface area contributed by atoms with Gasteiger partial charge in [-0.15, -0.1) is 0 Å². The van der Waals surface area contributed by atoms with Crippen molar-refractivity contribution in [3.63, 3.8) is 0 Å². The lowest BCUT2D eigenvalue weighted by molar-refractivity contribution is -0.143. The molecule has 0 rings (SSSR count). The van der Waals surface area contributed by atoms with E-state index in [-0.39, 0.29) is 0 Å². The molecule has 0 aliphatic carbocycles. The Labute approximate surface area is 67.8 Å². The summed E-state index contributed by atoms with van der Waals surface area (Å²) in [5.74, 6) is -4.28. The maximum absolute atomic E-state index is 12.4. The molecule has 0 aromatic heterocycles. The minimum Gasteiger partial charge on any atom is -0.244 e. The van der Waals surface area contributed by atoms with Gasteiger partial charge in [0.1, 0.15) is 6.17 Å². The molecule has 0 N–H and O–H groups in total. The van der Waals surface area contributed by atoms with E-state index in [0.717, 1.165) is 0 Å². The Morgan fingerprint density at radius 3 is 1.92 bits per heavy atom. The summed E-state index contributed by atoms with van der Waals surface area (Å²) < 4.78 is 61.6. The fraction of sp³-hybridized carbons (Fsp3) is 0.857. The van der Waals surface area contributed by atoms with Crippen molar-refractivity contribution in [3.05, 3.63) is 6.92 Å². The molecule has 12 heavy (non-hydrogen) atoms. The summed E-state index contributed by atoms with van der Waals surface area (Å²) in [4.78, 5) is 0. The van der Waals surface area contributed by atoms with E-state index in [9.17, 15) is 22.0 Å². The molecule has 0 spiro atoms. The van der Waals surface area contributed by atoms with Gasteiger partial charge in [-0.3, -0.25) is 0 Å². The Balaban J connectivity index is 4.37. The van der Waals surface area contributed by atoms with Crippen LogP contribution in [-0.2, 0) is 0 Å². The highest BCUT2D eigenvalue weighted by Gasteiger charge is 2.50. The average Bonchev–Trinajstić information content (AvgIpc) is 2.01. The molecule has 0 saturated heterocycles. The normalized spacial score (nSPS) is 20.2. The van der Waals surface area contributed by atoms with Gasteiger partial charge in [-0.05, 0) is 13.3 Å². The highest BCUT2D eigenvalue weighted by molar-refractivity contribution is 4.88. The molecule has 2 unspecified atom stereocenters. The lowest BCUT2D eigenvalue weighted by Gasteiger charge is -2.23. The molecule has 3 atom stereocenters. The molecular formula is C7H10F5. The Bertz CT molecular complexity index is 134. The Kier molecular flexibility index (Phi) is 3.93. The van der Waals surface area contributed by atoms with Gasteiger partial charge >= 0.3 is 5.92 Å². The van der Waals surface area contributed by atoms with Crippen LogP contribution >= 0.6 is 0 Å². The van der Waals surface area contributed by atoms with Crippen LogP contribution in [0.25, 0.3) is 0 Å². The minimum atomic E-state index is -4.28. The van der Waals surface area contributed by atoms with Gasteiger partial charge in [0.2, 0.25) is 0 Å². The molecule has 0 bridgehead atoms. The van der Waals surface area contributed by atoms with Crippen LogP contribution in [0.1, 0.15) is 13.3 Å². The van der Waals surface area contributed by atoms with Crippen molar-refractivity contribution in [2.45, 2.75) is 37.8 Å². The number of hydrogen-bond acceptors (Lipinski definition) is 0. The summed E-state index contributed by atoms with van der Waals surface area (Å²) in [7, 11) is 0. The van der Waals surface area contributed by atoms with Crippen molar-refractivity contribution in [3.8, 4) is 0 Å². The second kappa shape index (κ2) is 4.05. The zero-order chi connectivity index (χ0) is 9.94. The van der Waals surface area contributed by atoms with Crippen molar-refractivity contribution in [2.24, 2.45) is 0 Å². The predicted molar refractivity (Wildman–Crippen MR) is 35.3 cm³/mol. The van der Waals surface area contributed by atoms with Gasteiger partial charge in [0.15, 0.2) is 12.3 Å². The number of alkyl halides is 5. The summed E-state index contributed by atoms with van der Waals surface area (Å²) >= 11 is 0. The molecule has 0 nitrogen and oxygen atoms in total. The molecule has 0 saturated carbocycles. The Morgan fingerprint density at radius 2 is 1.67 bits per heavy atom. The molecule has 0 fully saturated rings. The number of hydrogen-bond donors (Lipinski definition) is 0. The first-order valence-electron chi connectivity index (χ1n) is 3.43. The molecular weight excluding hydrogens is 179 g/mol. The topological polar surface area (TPSA) is 0 Å². The number of halogens is 5. The number of rotatable bonds is 4. The van der Waals surface area contributed by atoms with Crippen LogP contribution < -0.4 is 0 Å². The van der Waals surface area contributed by atoms with Crippen LogP contribution in [0.2, 0.25) is 0 Å². The van der Waals surface area contributed by atoms with Gasteiger partial charge in [-0.2, -0.15) is 0 Å². The zero-order valence-electron chi connectivity index (χ0n) is 6.54. The maximum atomic E-state index is 12.4. The first-order chi connectivity index (χ1) is 5.34. The fourth-order valence-electron chi connectivity index (χ4n) is 0.671. The van der Waals surface area contributed by atoms with Gasteiger partial charge in [0, 0.05) is 0 Å². The molecule has 0 aliphatic rings. The lowest BCUT2D eigenvalue weighted by Crippen LogP contribution is -2.43. The third-order valence-corrected chi connectivity index (χ3v) is 1.44. The lowest BCUT2D eigenvalue weighted by atomic mass is 10.0. The molecule has 0 aliphatic heterocycles. The van der Waals surface area contributed by atoms with E-state index in [4.69, 9.17) is 0 Å². The third-order valence-electron chi connectivity index (χ3n) is 1.44. The first kappa shape index (κ1) is 11.6. The summed E-state index contributed by atoms with van der Waals surface area (Å²) in [5.41, 5.74) is 0. The van der Waals surface area contributed by atoms with Crippen LogP contribution in [0.5, 0.6) is 0 Å². The predicted octanol–water partition coefficient (Wildman–Crippen LogP) is 2.88. The van der Waals surface area contributed by atoms with E-state index >= 15 is 0 Å². The fourth-order valence-corrected chi connectivity index (χ4v) is 0.671. The Hall–Kier alpha value is -0.350. The average molecular weight is 189 g/mol. The molecule has 0 aromatic carbocycles. The first-order valence-corrected chi connectivity index (χ1v) is 3.43. The monoisotopic (exact) mass is 189 g/mol. The van der Waals surface area contributed by atoms with E-state index in [1.165, 1.54) is 0 Å². The summed E-state index contributed by atoms with van der Waals surface area (Å²) in [6.07, 6.45) is -9.00. The molecule has 0 heterocycles. The summed E-state index contributed by atoms with van der Waals surface area (Å²) in [6.45, 7) is 3.47. The van der Waals surface area contributed by atoms with Crippen molar-refractivity contribution in [2.75, 3.05) is 0 Å². The summed E-state index contributed by atoms with van der Waals surface area (Å²) in [5, 5.41) is 0. The van der Waals surface area contributed by atoms with Crippen molar-refractivity contribution >= 4 is 0 Å². The van der Waals surface area contributed by atoms with E-state index in [2.05, 4.69) is 6.92 Å². The highest BCUT2D eigenvalue weighted by atomic mass is 19.3. The molecule has 1 radical (unpaired) electrons. The van der Waals surface area contributed by atoms with Crippen molar-refractivity contribution < 1.29 is 22.0 Å². The second-order valence-corrected chi connectivity index (χ2v) is 2.51. The standard InChI is InChI=1S/C7H10F5/c1-3-5(9)7(11,12)6(10)4(2)8/h4-6H,1,3H2,2H3/t4?,5?,6-/m0/s1. The Morgan fingerprint density at radius 1 is 1.25 bits per heavy atom. The van der Waals surface area contributed by atoms with Crippen molar-refractivity contribution in [1.82, 2.24) is 0 Å². The van der Waals surface area contributed by atoms with E-state index in [1.54, 1.807) is 0 Å². The molecule has 0 aromatic rings. The van der Waals surface area contributed by atoms with Crippen molar-refractivity contribution in [1.29, 1.82) is 0 Å². The van der Waals surface area contributed by atoms with E-state index < -0.39 is 30.9 Å².